The average Bonchev–Trinajstić information content (AvgIpc) is 2.52. The molecule has 0 aromatic heterocycles. The second-order valence-electron chi connectivity index (χ2n) is 2.42. The van der Waals surface area contributed by atoms with E-state index in [2.05, 4.69) is 5.48 Å². The van der Waals surface area contributed by atoms with Gasteiger partial charge in [0.2, 0.25) is 0 Å². The normalized spacial score (nSPS) is 27.3. The third-order valence-electron chi connectivity index (χ3n) is 1.38. The molecule has 11 heavy (non-hydrogen) atoms. The van der Waals surface area contributed by atoms with Gasteiger partial charge in [-0.1, -0.05) is 0 Å². The predicted octanol–water partition coefficient (Wildman–Crippen LogP) is -0.763. The summed E-state index contributed by atoms with van der Waals surface area (Å²) in [4.78, 5) is 4.77. The summed E-state index contributed by atoms with van der Waals surface area (Å²) in [5, 5.41) is 8.76. The monoisotopic (exact) mass is 165 g/mol. The van der Waals surface area contributed by atoms with Crippen LogP contribution in [0.25, 0.3) is 0 Å². The van der Waals surface area contributed by atoms with Crippen LogP contribution in [0.1, 0.15) is 0 Å². The topological polar surface area (TPSA) is 50.7 Å². The van der Waals surface area contributed by atoms with Crippen LogP contribution in [0, 0.1) is 0 Å². The van der Waals surface area contributed by atoms with Crippen LogP contribution in [0.5, 0.6) is 0 Å². The molecule has 4 nitrogen and oxygen atoms in total. The fraction of sp³-hybridized carbons (Fsp3) is 1.00. The molecule has 5 heteroatoms. The fourth-order valence-electron chi connectivity index (χ4n) is 0.761. The van der Waals surface area contributed by atoms with E-state index in [-0.39, 0.29) is 12.7 Å². The number of halogens is 1. The van der Waals surface area contributed by atoms with E-state index in [0.717, 1.165) is 0 Å². The molecule has 2 unspecified atom stereocenters. The van der Waals surface area contributed by atoms with E-state index in [1.807, 2.05) is 0 Å². The highest BCUT2D eigenvalue weighted by atomic mass is 19.1. The Kier molecular flexibility index (Phi) is 3.71. The maximum absolute atomic E-state index is 11.7. The number of aliphatic hydroxyl groups excluding tert-OH is 1. The molecule has 2 N–H and O–H groups in total. The molecule has 1 rings (SSSR count). The van der Waals surface area contributed by atoms with E-state index < -0.39 is 12.8 Å². The van der Waals surface area contributed by atoms with Crippen molar-refractivity contribution in [3.05, 3.63) is 0 Å². The second-order valence-corrected chi connectivity index (χ2v) is 2.42. The maximum atomic E-state index is 11.7. The standard InChI is InChI=1S/C6H12FNO3/c7-1-5(9)3-10-6-2-8-11-4-6/h5-6,8-9H,1-4H2. The van der Waals surface area contributed by atoms with Crippen molar-refractivity contribution in [2.24, 2.45) is 0 Å². The average molecular weight is 165 g/mol. The Labute approximate surface area is 64.2 Å². The van der Waals surface area contributed by atoms with Crippen LogP contribution in [0.15, 0.2) is 0 Å². The number of aliphatic hydroxyl groups is 1. The van der Waals surface area contributed by atoms with E-state index >= 15 is 0 Å². The SMILES string of the molecule is OC(CF)COC1CNOC1. The molecule has 0 amide bonds. The summed E-state index contributed by atoms with van der Waals surface area (Å²) < 4.78 is 16.8. The van der Waals surface area contributed by atoms with Gasteiger partial charge >= 0.3 is 0 Å². The van der Waals surface area contributed by atoms with E-state index in [0.29, 0.717) is 13.2 Å². The van der Waals surface area contributed by atoms with Crippen molar-refractivity contribution in [3.63, 3.8) is 0 Å². The number of rotatable bonds is 4. The summed E-state index contributed by atoms with van der Waals surface area (Å²) in [6.07, 6.45) is -1.06. The summed E-state index contributed by atoms with van der Waals surface area (Å²) in [6.45, 7) is 0.325. The lowest BCUT2D eigenvalue weighted by Crippen LogP contribution is -2.25. The lowest BCUT2D eigenvalue weighted by Gasteiger charge is -2.10. The Morgan fingerprint density at radius 3 is 3.18 bits per heavy atom. The van der Waals surface area contributed by atoms with Gasteiger partial charge in [0, 0.05) is 6.54 Å². The Balaban J connectivity index is 2.01. The van der Waals surface area contributed by atoms with Crippen LogP contribution in [0.2, 0.25) is 0 Å². The minimum atomic E-state index is -1.00. The number of hydrogen-bond donors (Lipinski definition) is 2. The molecule has 0 aromatic rings. The molecule has 1 fully saturated rings. The molecule has 2 atom stereocenters. The highest BCUT2D eigenvalue weighted by Gasteiger charge is 2.17. The number of ether oxygens (including phenoxy) is 1. The first-order chi connectivity index (χ1) is 5.33. The Morgan fingerprint density at radius 2 is 2.64 bits per heavy atom. The molecule has 0 aliphatic carbocycles. The molecular weight excluding hydrogens is 153 g/mol. The zero-order valence-corrected chi connectivity index (χ0v) is 6.12. The van der Waals surface area contributed by atoms with Crippen molar-refractivity contribution in [2.75, 3.05) is 26.4 Å². The minimum Gasteiger partial charge on any atom is -0.388 e. The van der Waals surface area contributed by atoms with Gasteiger partial charge in [-0.05, 0) is 0 Å². The lowest BCUT2D eigenvalue weighted by molar-refractivity contribution is -0.0180. The van der Waals surface area contributed by atoms with Crippen molar-refractivity contribution < 1.29 is 19.1 Å². The molecular formula is C6H12FNO3. The van der Waals surface area contributed by atoms with Gasteiger partial charge in [0.1, 0.15) is 12.8 Å². The zero-order valence-electron chi connectivity index (χ0n) is 6.12. The van der Waals surface area contributed by atoms with Gasteiger partial charge in [0.05, 0.1) is 19.3 Å². The Hall–Kier alpha value is -0.230. The first-order valence-corrected chi connectivity index (χ1v) is 3.53. The summed E-state index contributed by atoms with van der Waals surface area (Å²) in [6, 6.07) is 0. The number of hydrogen-bond acceptors (Lipinski definition) is 4. The molecule has 66 valence electrons. The molecule has 0 spiro atoms. The second kappa shape index (κ2) is 4.61. The van der Waals surface area contributed by atoms with Crippen LogP contribution in [-0.2, 0) is 9.57 Å². The van der Waals surface area contributed by atoms with Crippen molar-refractivity contribution in [3.8, 4) is 0 Å². The highest BCUT2D eigenvalue weighted by Crippen LogP contribution is 1.99. The summed E-state index contributed by atoms with van der Waals surface area (Å²) >= 11 is 0. The summed E-state index contributed by atoms with van der Waals surface area (Å²) in [5.41, 5.74) is 2.61. The quantitative estimate of drug-likeness (QED) is 0.574. The van der Waals surface area contributed by atoms with Crippen LogP contribution in [0.4, 0.5) is 4.39 Å². The van der Waals surface area contributed by atoms with Crippen LogP contribution in [-0.4, -0.2) is 43.7 Å². The van der Waals surface area contributed by atoms with Crippen LogP contribution >= 0.6 is 0 Å². The van der Waals surface area contributed by atoms with Crippen molar-refractivity contribution >= 4 is 0 Å². The van der Waals surface area contributed by atoms with Crippen molar-refractivity contribution in [2.45, 2.75) is 12.2 Å². The maximum Gasteiger partial charge on any atom is 0.118 e. The molecule has 1 aliphatic rings. The largest absolute Gasteiger partial charge is 0.388 e. The molecule has 0 radical (unpaired) electrons. The Morgan fingerprint density at radius 1 is 1.82 bits per heavy atom. The van der Waals surface area contributed by atoms with E-state index in [1.165, 1.54) is 0 Å². The van der Waals surface area contributed by atoms with Crippen molar-refractivity contribution in [1.82, 2.24) is 5.48 Å². The number of hydroxylamine groups is 1. The van der Waals surface area contributed by atoms with E-state index in [1.54, 1.807) is 0 Å². The molecule has 0 aromatic carbocycles. The van der Waals surface area contributed by atoms with Gasteiger partial charge in [-0.15, -0.1) is 0 Å². The lowest BCUT2D eigenvalue weighted by atomic mass is 10.4. The van der Waals surface area contributed by atoms with Crippen molar-refractivity contribution in [1.29, 1.82) is 0 Å². The Bertz CT molecular complexity index is 108. The van der Waals surface area contributed by atoms with Gasteiger partial charge in [-0.3, -0.25) is 4.84 Å². The molecule has 1 heterocycles. The molecule has 1 saturated heterocycles. The number of alkyl halides is 1. The molecule has 0 saturated carbocycles. The van der Waals surface area contributed by atoms with E-state index in [9.17, 15) is 4.39 Å². The van der Waals surface area contributed by atoms with Gasteiger partial charge in [0.25, 0.3) is 0 Å². The fourth-order valence-corrected chi connectivity index (χ4v) is 0.761. The summed E-state index contributed by atoms with van der Waals surface area (Å²) in [5.74, 6) is 0. The highest BCUT2D eigenvalue weighted by molar-refractivity contribution is 4.63. The third-order valence-corrected chi connectivity index (χ3v) is 1.38. The van der Waals surface area contributed by atoms with Gasteiger partial charge in [-0.2, -0.15) is 5.48 Å². The minimum absolute atomic E-state index is 0.0339. The third kappa shape index (κ3) is 3.11. The molecule has 0 bridgehead atoms. The molecule has 1 aliphatic heterocycles. The van der Waals surface area contributed by atoms with E-state index in [4.69, 9.17) is 14.7 Å². The van der Waals surface area contributed by atoms with Gasteiger partial charge in [-0.25, -0.2) is 4.39 Å². The first-order valence-electron chi connectivity index (χ1n) is 3.53. The first kappa shape index (κ1) is 8.86. The zero-order chi connectivity index (χ0) is 8.10. The predicted molar refractivity (Wildman–Crippen MR) is 35.7 cm³/mol. The smallest absolute Gasteiger partial charge is 0.118 e. The van der Waals surface area contributed by atoms with Crippen LogP contribution in [0.3, 0.4) is 0 Å². The van der Waals surface area contributed by atoms with Gasteiger partial charge in [0.15, 0.2) is 0 Å². The summed E-state index contributed by atoms with van der Waals surface area (Å²) in [7, 11) is 0. The van der Waals surface area contributed by atoms with Gasteiger partial charge < -0.3 is 9.84 Å². The van der Waals surface area contributed by atoms with Crippen LogP contribution < -0.4 is 5.48 Å². The number of nitrogens with one attached hydrogen (secondary N) is 1.